The monoisotopic (exact) mass is 1560 g/mol. The fourth-order valence-electron chi connectivity index (χ4n) is 15.0. The van der Waals surface area contributed by atoms with Crippen LogP contribution in [-0.2, 0) is 33.6 Å². The minimum atomic E-state index is -4.83. The standard InChI is InChI=1S/C29H27F3N6O3.C29H27N7O2.C29H30N6O2/c1-2-24(40)37-14-4-6-21(16-37)38-28-25(27(33)34-17-35-28)26(36-38)19-11-8-18(9-12-19)10-13-23(39)20-5-3-7-22(15-20)41-29(30,31)32;1-2-25(38)35-15-3-4-23(17-35)36-29-26(28(31)32-18-33-29)27(34-36)22-12-5-19(6-13-22)9-14-24(37)21-10-7-20(16-30)8-11-21;1-3-25(37)34-16-6-8-22(17-34)35-29-26(28(30)31-18-32-29)27(33-35)21-13-10-20(11-14-21)12-15-24(36)23-9-5-4-7-19(23)2/h2-3,5,7-9,11-12,15,17,21H,1,4,6,10,13-14,16H2,(H2,33,34,35);2,5-8,10-13,18,23H,1,3-4,9,14-15,17H2,(H2,31,32,33);3-5,7,9-11,13-14,18,22H,1,6,8,12,15-17H2,2H3,(H2,30,31,32)/t21-;23-;22-/m111/s1. The van der Waals surface area contributed by atoms with Gasteiger partial charge in [0.2, 0.25) is 17.7 Å². The van der Waals surface area contributed by atoms with Crippen molar-refractivity contribution in [2.75, 3.05) is 56.5 Å². The van der Waals surface area contributed by atoms with Crippen molar-refractivity contribution in [3.05, 3.63) is 247 Å². The number of alkyl halides is 3. The van der Waals surface area contributed by atoms with E-state index in [-0.39, 0.29) is 71.0 Å². The highest BCUT2D eigenvalue weighted by atomic mass is 19.4. The van der Waals surface area contributed by atoms with Crippen LogP contribution in [0.15, 0.2) is 203 Å². The number of hydrogen-bond donors (Lipinski definition) is 3. The van der Waals surface area contributed by atoms with E-state index in [9.17, 15) is 41.9 Å². The van der Waals surface area contributed by atoms with Gasteiger partial charge in [-0.05, 0) is 129 Å². The van der Waals surface area contributed by atoms with E-state index in [2.05, 4.69) is 60.4 Å². The molecule has 0 unspecified atom stereocenters. The smallest absolute Gasteiger partial charge is 0.406 e. The van der Waals surface area contributed by atoms with Crippen LogP contribution in [0.5, 0.6) is 5.75 Å². The number of carbonyl (C=O) groups is 6. The van der Waals surface area contributed by atoms with Crippen molar-refractivity contribution in [1.82, 2.24) is 73.9 Å². The van der Waals surface area contributed by atoms with E-state index >= 15 is 0 Å². The molecule has 0 spiro atoms. The van der Waals surface area contributed by atoms with Crippen molar-refractivity contribution < 1.29 is 46.7 Å². The molecule has 29 heteroatoms. The predicted molar refractivity (Wildman–Crippen MR) is 434 cm³/mol. The molecule has 0 radical (unpaired) electrons. The van der Waals surface area contributed by atoms with Crippen LogP contribution in [0, 0.1) is 18.3 Å². The lowest BCUT2D eigenvalue weighted by atomic mass is 9.98. The van der Waals surface area contributed by atoms with Gasteiger partial charge >= 0.3 is 6.36 Å². The minimum Gasteiger partial charge on any atom is -0.406 e. The highest BCUT2D eigenvalue weighted by Crippen LogP contribution is 2.39. The molecule has 6 N–H and O–H groups in total. The van der Waals surface area contributed by atoms with Crippen molar-refractivity contribution in [3.63, 3.8) is 0 Å². The summed E-state index contributed by atoms with van der Waals surface area (Å²) < 4.78 is 47.0. The average molecular weight is 1560 g/mol. The molecule has 0 saturated carbocycles. The van der Waals surface area contributed by atoms with Crippen molar-refractivity contribution in [1.29, 1.82) is 5.26 Å². The van der Waals surface area contributed by atoms with E-state index in [1.165, 1.54) is 49.3 Å². The number of rotatable bonds is 22. The molecule has 3 aliphatic rings. The number of piperidine rings is 3. The van der Waals surface area contributed by atoms with Crippen LogP contribution in [0.25, 0.3) is 66.9 Å². The molecule has 116 heavy (non-hydrogen) atoms. The lowest BCUT2D eigenvalue weighted by Gasteiger charge is -2.32. The van der Waals surface area contributed by atoms with Crippen LogP contribution in [0.4, 0.5) is 30.6 Å². The zero-order valence-electron chi connectivity index (χ0n) is 63.8. The number of hydrogen-bond acceptors (Lipinski definition) is 20. The lowest BCUT2D eigenvalue weighted by molar-refractivity contribution is -0.274. The van der Waals surface area contributed by atoms with E-state index in [0.717, 1.165) is 95.2 Å². The number of fused-ring (bicyclic) bond motifs is 3. The number of ether oxygens (including phenoxy) is 1. The number of nitrogen functional groups attached to an aromatic ring is 3. The number of carbonyl (C=O) groups excluding carboxylic acids is 6. The number of nitriles is 1. The molecular formula is C87H84F3N19O7. The predicted octanol–water partition coefficient (Wildman–Crippen LogP) is 13.8. The van der Waals surface area contributed by atoms with Gasteiger partial charge < -0.3 is 36.6 Å². The first-order valence-corrected chi connectivity index (χ1v) is 38.1. The zero-order valence-corrected chi connectivity index (χ0v) is 63.8. The van der Waals surface area contributed by atoms with Crippen LogP contribution < -0.4 is 21.9 Å². The maximum absolute atomic E-state index is 12.7. The quantitative estimate of drug-likeness (QED) is 0.0419. The molecule has 6 aromatic heterocycles. The number of Topliss-reactive ketones (excluding diaryl/α,β-unsaturated/α-hetero) is 3. The summed E-state index contributed by atoms with van der Waals surface area (Å²) in [5.74, 6) is 0.161. The van der Waals surface area contributed by atoms with E-state index in [1.54, 1.807) is 39.0 Å². The number of benzene rings is 6. The summed E-state index contributed by atoms with van der Waals surface area (Å²) in [6.07, 6.45) is 11.1. The summed E-state index contributed by atoms with van der Waals surface area (Å²) >= 11 is 0. The second kappa shape index (κ2) is 35.8. The van der Waals surface area contributed by atoms with Crippen LogP contribution in [-0.4, -0.2) is 155 Å². The molecule has 3 atom stereocenters. The number of nitrogens with two attached hydrogens (primary N) is 3. The molecule has 3 aliphatic heterocycles. The SMILES string of the molecule is C=CC(=O)N1CCC[C@@H](n2nc(-c3ccc(CCC(=O)c4ccc(C#N)cc4)cc3)c3c(N)ncnc32)C1.C=CC(=O)N1CCC[C@@H](n2nc(-c3ccc(CCC(=O)c4cccc(OC(F)(F)F)c4)cc3)c3c(N)ncnc32)C1.C=CC(=O)N1CCC[C@@H](n2nc(-c3ccc(CCC(=O)c4ccccc4C)cc3)c3c(N)ncnc32)C1. The third kappa shape index (κ3) is 18.4. The number of nitrogens with zero attached hydrogens (tertiary/aromatic N) is 16. The molecule has 0 aliphatic carbocycles. The number of ketones is 3. The van der Waals surface area contributed by atoms with Gasteiger partial charge in [0.25, 0.3) is 0 Å². The van der Waals surface area contributed by atoms with Crippen LogP contribution in [0.1, 0.15) is 135 Å². The van der Waals surface area contributed by atoms with Gasteiger partial charge in [0.05, 0.1) is 45.9 Å². The maximum Gasteiger partial charge on any atom is 0.573 e. The molecule has 15 rings (SSSR count). The van der Waals surface area contributed by atoms with E-state index < -0.39 is 12.1 Å². The summed E-state index contributed by atoms with van der Waals surface area (Å²) in [5.41, 5.74) is 31.3. The molecule has 590 valence electrons. The highest BCUT2D eigenvalue weighted by Gasteiger charge is 2.34. The van der Waals surface area contributed by atoms with Gasteiger partial charge in [-0.2, -0.15) is 20.6 Å². The Kier molecular flexibility index (Phi) is 24.8. The summed E-state index contributed by atoms with van der Waals surface area (Å²) in [7, 11) is 0. The molecule has 26 nitrogen and oxygen atoms in total. The number of amides is 3. The maximum atomic E-state index is 12.7. The lowest BCUT2D eigenvalue weighted by Crippen LogP contribution is -2.40. The summed E-state index contributed by atoms with van der Waals surface area (Å²) in [6.45, 7) is 16.4. The van der Waals surface area contributed by atoms with E-state index in [0.29, 0.717) is 144 Å². The first kappa shape index (κ1) is 80.2. The van der Waals surface area contributed by atoms with Gasteiger partial charge in [-0.15, -0.1) is 13.2 Å². The number of aryl methyl sites for hydroxylation is 4. The third-order valence-corrected chi connectivity index (χ3v) is 21.0. The number of halogens is 3. The molecule has 3 saturated heterocycles. The van der Waals surface area contributed by atoms with Crippen LogP contribution in [0.2, 0.25) is 0 Å². The Labute approximate surface area is 665 Å². The van der Waals surface area contributed by atoms with E-state index in [4.69, 9.17) is 37.8 Å². The number of aromatic nitrogens is 12. The Hall–Kier alpha value is -13.9. The Bertz CT molecular complexity index is 5740. The van der Waals surface area contributed by atoms with Crippen molar-refractivity contribution >= 4 is 85.6 Å². The molecule has 12 aromatic rings. The van der Waals surface area contributed by atoms with Crippen LogP contribution in [0.3, 0.4) is 0 Å². The molecule has 0 bridgehead atoms. The van der Waals surface area contributed by atoms with Gasteiger partial charge in [-0.25, -0.2) is 43.9 Å². The molecule has 3 fully saturated rings. The number of likely N-dealkylation sites (tertiary alicyclic amines) is 3. The summed E-state index contributed by atoms with van der Waals surface area (Å²) in [6, 6.07) is 44.7. The second-order valence-corrected chi connectivity index (χ2v) is 28.5. The van der Waals surface area contributed by atoms with Gasteiger partial charge in [-0.3, -0.25) is 28.8 Å². The second-order valence-electron chi connectivity index (χ2n) is 28.5. The summed E-state index contributed by atoms with van der Waals surface area (Å²) in [4.78, 5) is 106. The fourth-order valence-corrected chi connectivity index (χ4v) is 15.0. The normalized spacial score (nSPS) is 15.5. The Morgan fingerprint density at radius 1 is 0.483 bits per heavy atom. The van der Waals surface area contributed by atoms with Crippen LogP contribution >= 0.6 is 0 Å². The Morgan fingerprint density at radius 2 is 0.853 bits per heavy atom. The fraction of sp³-hybridized carbons (Fsp3) is 0.264. The first-order valence-electron chi connectivity index (χ1n) is 38.1. The van der Waals surface area contributed by atoms with Crippen molar-refractivity contribution in [2.45, 2.75) is 108 Å². The molecule has 9 heterocycles. The van der Waals surface area contributed by atoms with Crippen molar-refractivity contribution in [2.24, 2.45) is 0 Å². The third-order valence-electron chi connectivity index (χ3n) is 21.0. The van der Waals surface area contributed by atoms with Gasteiger partial charge in [-0.1, -0.05) is 141 Å². The van der Waals surface area contributed by atoms with Gasteiger partial charge in [0, 0.05) is 91.9 Å². The van der Waals surface area contributed by atoms with Gasteiger partial charge in [0.15, 0.2) is 34.3 Å². The minimum absolute atomic E-state index is 0.0186. The number of anilines is 3. The Balaban J connectivity index is 0.000000152. The average Bonchev–Trinajstić information content (AvgIpc) is 1.62. The highest BCUT2D eigenvalue weighted by molar-refractivity contribution is 6.02. The van der Waals surface area contributed by atoms with Crippen molar-refractivity contribution in [3.8, 4) is 45.6 Å². The summed E-state index contributed by atoms with van der Waals surface area (Å²) in [5, 5.41) is 25.6. The molecule has 3 amide bonds. The molecule has 6 aromatic carbocycles. The van der Waals surface area contributed by atoms with Gasteiger partial charge in [0.1, 0.15) is 59.3 Å². The first-order chi connectivity index (χ1) is 56.1. The topological polar surface area (TPSA) is 354 Å². The molecular weight excluding hydrogens is 1480 g/mol. The Morgan fingerprint density at radius 3 is 1.22 bits per heavy atom. The zero-order chi connectivity index (χ0) is 81.7. The largest absolute Gasteiger partial charge is 0.573 e. The van der Waals surface area contributed by atoms with E-state index in [1.807, 2.05) is 118 Å².